The summed E-state index contributed by atoms with van der Waals surface area (Å²) in [5.41, 5.74) is 3.88. The zero-order valence-electron chi connectivity index (χ0n) is 12.0. The molecule has 0 fully saturated rings. The van der Waals surface area contributed by atoms with E-state index in [9.17, 15) is 0 Å². The van der Waals surface area contributed by atoms with Gasteiger partial charge in [0.15, 0.2) is 0 Å². The molecular formula is C16H23ClN2. The Kier molecular flexibility index (Phi) is 4.89. The Morgan fingerprint density at radius 1 is 1.42 bits per heavy atom. The number of hydrogen-bond donors (Lipinski definition) is 1. The van der Waals surface area contributed by atoms with Gasteiger partial charge >= 0.3 is 0 Å². The smallest absolute Gasteiger partial charge is 0.0643 e. The van der Waals surface area contributed by atoms with Gasteiger partial charge in [-0.1, -0.05) is 36.2 Å². The van der Waals surface area contributed by atoms with Crippen LogP contribution in [0, 0.1) is 0 Å². The van der Waals surface area contributed by atoms with Crippen LogP contribution in [0.1, 0.15) is 38.8 Å². The zero-order chi connectivity index (χ0) is 13.8. The summed E-state index contributed by atoms with van der Waals surface area (Å²) in [6, 6.07) is 6.77. The van der Waals surface area contributed by atoms with Crippen molar-refractivity contribution in [2.75, 3.05) is 24.5 Å². The van der Waals surface area contributed by atoms with E-state index in [1.54, 1.807) is 0 Å². The van der Waals surface area contributed by atoms with Crippen LogP contribution in [0.2, 0.25) is 5.02 Å². The fourth-order valence-corrected chi connectivity index (χ4v) is 2.77. The maximum absolute atomic E-state index is 6.45. The fraction of sp³-hybridized carbons (Fsp3) is 0.500. The lowest BCUT2D eigenvalue weighted by atomic mass is 10.1. The molecule has 0 aliphatic carbocycles. The number of nitrogens with one attached hydrogen (secondary N) is 1. The van der Waals surface area contributed by atoms with E-state index in [1.165, 1.54) is 11.1 Å². The molecule has 3 heteroatoms. The Morgan fingerprint density at radius 2 is 2.21 bits per heavy atom. The van der Waals surface area contributed by atoms with Crippen molar-refractivity contribution in [1.82, 2.24) is 5.32 Å². The van der Waals surface area contributed by atoms with Crippen molar-refractivity contribution in [2.24, 2.45) is 0 Å². The minimum Gasteiger partial charge on any atom is -0.366 e. The molecule has 1 atom stereocenters. The second-order valence-corrected chi connectivity index (χ2v) is 5.64. The Bertz CT molecular complexity index is 468. The molecule has 0 spiro atoms. The molecule has 0 aromatic heterocycles. The Hall–Kier alpha value is -0.990. The molecular weight excluding hydrogens is 256 g/mol. The lowest BCUT2D eigenvalue weighted by molar-refractivity contribution is 0.598. The second kappa shape index (κ2) is 6.44. The van der Waals surface area contributed by atoms with E-state index in [1.807, 2.05) is 0 Å². The first-order valence-corrected chi connectivity index (χ1v) is 7.43. The van der Waals surface area contributed by atoms with Crippen LogP contribution in [0.25, 0.3) is 0 Å². The zero-order valence-corrected chi connectivity index (χ0v) is 12.8. The van der Waals surface area contributed by atoms with Gasteiger partial charge in [0, 0.05) is 19.1 Å². The van der Waals surface area contributed by atoms with E-state index >= 15 is 0 Å². The number of benzene rings is 1. The molecule has 1 N–H and O–H groups in total. The monoisotopic (exact) mass is 278 g/mol. The summed E-state index contributed by atoms with van der Waals surface area (Å²) >= 11 is 6.45. The molecule has 1 aromatic rings. The summed E-state index contributed by atoms with van der Waals surface area (Å²) in [5.74, 6) is 0. The standard InChI is InChI=1S/C16H23ClN2/c1-4-18-13(3)14-5-6-16(15(17)11-14)19-9-7-12(2)8-10-19/h5-7,11,13,18H,4,8-10H2,1-3H3. The van der Waals surface area contributed by atoms with E-state index in [4.69, 9.17) is 11.6 Å². The molecule has 1 aliphatic heterocycles. The fourth-order valence-electron chi connectivity index (χ4n) is 2.46. The highest BCUT2D eigenvalue weighted by Crippen LogP contribution is 2.30. The van der Waals surface area contributed by atoms with Crippen LogP contribution in [-0.4, -0.2) is 19.6 Å². The average molecular weight is 279 g/mol. The summed E-state index contributed by atoms with van der Waals surface area (Å²) in [6.45, 7) is 9.48. The van der Waals surface area contributed by atoms with Gasteiger partial charge in [-0.15, -0.1) is 0 Å². The second-order valence-electron chi connectivity index (χ2n) is 5.24. The maximum atomic E-state index is 6.45. The molecule has 0 amide bonds. The summed E-state index contributed by atoms with van der Waals surface area (Å²) < 4.78 is 0. The Morgan fingerprint density at radius 3 is 2.79 bits per heavy atom. The van der Waals surface area contributed by atoms with Crippen molar-refractivity contribution in [3.8, 4) is 0 Å². The number of anilines is 1. The van der Waals surface area contributed by atoms with Gasteiger partial charge in [0.25, 0.3) is 0 Å². The van der Waals surface area contributed by atoms with Gasteiger partial charge in [-0.05, 0) is 44.5 Å². The van der Waals surface area contributed by atoms with Gasteiger partial charge in [0.05, 0.1) is 10.7 Å². The van der Waals surface area contributed by atoms with Crippen LogP contribution in [0.15, 0.2) is 29.8 Å². The molecule has 0 saturated heterocycles. The first-order valence-electron chi connectivity index (χ1n) is 7.05. The van der Waals surface area contributed by atoms with Crippen molar-refractivity contribution in [2.45, 2.75) is 33.2 Å². The van der Waals surface area contributed by atoms with E-state index in [0.29, 0.717) is 6.04 Å². The van der Waals surface area contributed by atoms with Gasteiger partial charge < -0.3 is 10.2 Å². The number of rotatable bonds is 4. The summed E-state index contributed by atoms with van der Waals surface area (Å²) in [4.78, 5) is 2.34. The van der Waals surface area contributed by atoms with Crippen molar-refractivity contribution >= 4 is 17.3 Å². The van der Waals surface area contributed by atoms with Gasteiger partial charge in [-0.25, -0.2) is 0 Å². The third kappa shape index (κ3) is 3.52. The van der Waals surface area contributed by atoms with Crippen LogP contribution in [0.5, 0.6) is 0 Å². The first-order chi connectivity index (χ1) is 9.11. The molecule has 1 aliphatic rings. The van der Waals surface area contributed by atoms with Crippen molar-refractivity contribution < 1.29 is 0 Å². The minimum absolute atomic E-state index is 0.347. The number of halogens is 1. The van der Waals surface area contributed by atoms with Crippen molar-refractivity contribution in [3.05, 3.63) is 40.4 Å². The molecule has 19 heavy (non-hydrogen) atoms. The van der Waals surface area contributed by atoms with E-state index in [2.05, 4.69) is 55.3 Å². The largest absolute Gasteiger partial charge is 0.366 e. The molecule has 1 heterocycles. The Labute approximate surface area is 121 Å². The normalized spacial score (nSPS) is 17.3. The molecule has 0 saturated carbocycles. The number of hydrogen-bond acceptors (Lipinski definition) is 2. The molecule has 2 rings (SSSR count). The SMILES string of the molecule is CCNC(C)c1ccc(N2CC=C(C)CC2)c(Cl)c1. The van der Waals surface area contributed by atoms with Gasteiger partial charge in [0.1, 0.15) is 0 Å². The highest BCUT2D eigenvalue weighted by atomic mass is 35.5. The third-order valence-corrected chi connectivity index (χ3v) is 4.06. The lowest BCUT2D eigenvalue weighted by Crippen LogP contribution is -2.28. The minimum atomic E-state index is 0.347. The quantitative estimate of drug-likeness (QED) is 0.832. The van der Waals surface area contributed by atoms with Crippen molar-refractivity contribution in [3.63, 3.8) is 0 Å². The lowest BCUT2D eigenvalue weighted by Gasteiger charge is -2.29. The molecule has 1 aromatic carbocycles. The van der Waals surface area contributed by atoms with E-state index < -0.39 is 0 Å². The van der Waals surface area contributed by atoms with E-state index in [0.717, 1.165) is 36.8 Å². The average Bonchev–Trinajstić information content (AvgIpc) is 2.40. The summed E-state index contributed by atoms with van der Waals surface area (Å²) in [5, 5.41) is 4.27. The highest BCUT2D eigenvalue weighted by molar-refractivity contribution is 6.33. The molecule has 0 radical (unpaired) electrons. The molecule has 0 bridgehead atoms. The summed E-state index contributed by atoms with van der Waals surface area (Å²) in [7, 11) is 0. The van der Waals surface area contributed by atoms with Crippen molar-refractivity contribution in [1.29, 1.82) is 0 Å². The summed E-state index contributed by atoms with van der Waals surface area (Å²) in [6.07, 6.45) is 3.42. The first kappa shape index (κ1) is 14.4. The van der Waals surface area contributed by atoms with Crippen LogP contribution < -0.4 is 10.2 Å². The molecule has 1 unspecified atom stereocenters. The predicted molar refractivity (Wildman–Crippen MR) is 84.1 cm³/mol. The van der Waals surface area contributed by atoms with Crippen LogP contribution >= 0.6 is 11.6 Å². The predicted octanol–water partition coefficient (Wildman–Crippen LogP) is 4.17. The van der Waals surface area contributed by atoms with Crippen LogP contribution in [0.3, 0.4) is 0 Å². The molecule has 2 nitrogen and oxygen atoms in total. The van der Waals surface area contributed by atoms with E-state index in [-0.39, 0.29) is 0 Å². The molecule has 104 valence electrons. The van der Waals surface area contributed by atoms with Gasteiger partial charge in [-0.2, -0.15) is 0 Å². The topological polar surface area (TPSA) is 15.3 Å². The Balaban J connectivity index is 2.15. The maximum Gasteiger partial charge on any atom is 0.0643 e. The van der Waals surface area contributed by atoms with Crippen LogP contribution in [-0.2, 0) is 0 Å². The third-order valence-electron chi connectivity index (χ3n) is 3.76. The number of nitrogens with zero attached hydrogens (tertiary/aromatic N) is 1. The van der Waals surface area contributed by atoms with Gasteiger partial charge in [0.2, 0.25) is 0 Å². The highest BCUT2D eigenvalue weighted by Gasteiger charge is 2.14. The van der Waals surface area contributed by atoms with Gasteiger partial charge in [-0.3, -0.25) is 0 Å². The van der Waals surface area contributed by atoms with Crippen LogP contribution in [0.4, 0.5) is 5.69 Å².